The molecule has 0 fully saturated rings. The van der Waals surface area contributed by atoms with Crippen LogP contribution in [0.4, 0.5) is 4.39 Å². The van der Waals surface area contributed by atoms with Crippen LogP contribution >= 0.6 is 0 Å². The van der Waals surface area contributed by atoms with Crippen LogP contribution in [-0.2, 0) is 6.54 Å². The SMILES string of the molecule is CCn1cnc2c(-c3ccc(F)c(-c4c(OC)ccc5ccoc45)c3)cnnc21. The van der Waals surface area contributed by atoms with Gasteiger partial charge in [-0.2, -0.15) is 5.10 Å². The molecule has 0 radical (unpaired) electrons. The Morgan fingerprint density at radius 3 is 2.86 bits per heavy atom. The molecule has 0 atom stereocenters. The predicted octanol–water partition coefficient (Wildman–Crippen LogP) is 5.07. The highest BCUT2D eigenvalue weighted by Gasteiger charge is 2.19. The molecule has 0 saturated carbocycles. The minimum absolute atomic E-state index is 0.367. The molecule has 6 nitrogen and oxygen atoms in total. The fourth-order valence-electron chi connectivity index (χ4n) is 3.64. The van der Waals surface area contributed by atoms with Gasteiger partial charge in [0.15, 0.2) is 5.65 Å². The molecule has 0 amide bonds. The largest absolute Gasteiger partial charge is 0.496 e. The average Bonchev–Trinajstić information content (AvgIpc) is 3.40. The maximum Gasteiger partial charge on any atom is 0.183 e. The van der Waals surface area contributed by atoms with Crippen molar-refractivity contribution in [3.63, 3.8) is 0 Å². The molecule has 0 saturated heterocycles. The molecule has 5 rings (SSSR count). The van der Waals surface area contributed by atoms with Crippen molar-refractivity contribution in [1.29, 1.82) is 0 Å². The van der Waals surface area contributed by atoms with Crippen LogP contribution < -0.4 is 4.74 Å². The van der Waals surface area contributed by atoms with Gasteiger partial charge in [-0.05, 0) is 42.8 Å². The van der Waals surface area contributed by atoms with Crippen molar-refractivity contribution in [2.45, 2.75) is 13.5 Å². The van der Waals surface area contributed by atoms with Crippen LogP contribution in [0.2, 0.25) is 0 Å². The zero-order valence-corrected chi connectivity index (χ0v) is 15.9. The van der Waals surface area contributed by atoms with Crippen molar-refractivity contribution in [3.8, 4) is 28.0 Å². The van der Waals surface area contributed by atoms with E-state index in [-0.39, 0.29) is 5.82 Å². The lowest BCUT2D eigenvalue weighted by Crippen LogP contribution is -1.96. The van der Waals surface area contributed by atoms with Crippen molar-refractivity contribution in [3.05, 3.63) is 61.0 Å². The Kier molecular flexibility index (Phi) is 4.01. The molecule has 0 unspecified atom stereocenters. The second-order valence-corrected chi connectivity index (χ2v) is 6.64. The van der Waals surface area contributed by atoms with Crippen LogP contribution in [-0.4, -0.2) is 26.9 Å². The van der Waals surface area contributed by atoms with Gasteiger partial charge < -0.3 is 13.7 Å². The molecule has 7 heteroatoms. The van der Waals surface area contributed by atoms with Crippen LogP contribution in [0.3, 0.4) is 0 Å². The first-order valence-electron chi connectivity index (χ1n) is 9.22. The van der Waals surface area contributed by atoms with E-state index >= 15 is 0 Å². The highest BCUT2D eigenvalue weighted by Crippen LogP contribution is 2.40. The molecular weight excluding hydrogens is 371 g/mol. The molecule has 0 aliphatic heterocycles. The van der Waals surface area contributed by atoms with E-state index in [0.29, 0.717) is 28.1 Å². The summed E-state index contributed by atoms with van der Waals surface area (Å²) >= 11 is 0. The Labute approximate surface area is 165 Å². The predicted molar refractivity (Wildman–Crippen MR) is 108 cm³/mol. The monoisotopic (exact) mass is 388 g/mol. The number of hydrogen-bond acceptors (Lipinski definition) is 5. The van der Waals surface area contributed by atoms with E-state index in [9.17, 15) is 4.39 Å². The van der Waals surface area contributed by atoms with Crippen LogP contribution in [0.1, 0.15) is 6.92 Å². The number of aryl methyl sites for hydroxylation is 1. The van der Waals surface area contributed by atoms with Gasteiger partial charge in [0.05, 0.1) is 31.5 Å². The highest BCUT2D eigenvalue weighted by molar-refractivity contribution is 5.98. The third-order valence-corrected chi connectivity index (χ3v) is 5.10. The van der Waals surface area contributed by atoms with Gasteiger partial charge in [0.1, 0.15) is 22.7 Å². The molecule has 3 aromatic heterocycles. The Morgan fingerprint density at radius 2 is 2.03 bits per heavy atom. The average molecular weight is 388 g/mol. The molecule has 0 aliphatic rings. The summed E-state index contributed by atoms with van der Waals surface area (Å²) in [6.07, 6.45) is 4.97. The second-order valence-electron chi connectivity index (χ2n) is 6.64. The quantitative estimate of drug-likeness (QED) is 0.430. The number of benzene rings is 2. The standard InChI is InChI=1S/C22H17FN4O2/c1-3-27-12-24-20-16(11-25-26-22(20)27)14-4-6-17(23)15(10-14)19-18(28-2)7-5-13-8-9-29-21(13)19/h4-12H,3H2,1-2H3. The van der Waals surface area contributed by atoms with Crippen LogP contribution in [0.5, 0.6) is 5.75 Å². The van der Waals surface area contributed by atoms with E-state index in [0.717, 1.165) is 28.6 Å². The van der Waals surface area contributed by atoms with Crippen molar-refractivity contribution in [2.75, 3.05) is 7.11 Å². The van der Waals surface area contributed by atoms with Gasteiger partial charge in [-0.25, -0.2) is 9.37 Å². The van der Waals surface area contributed by atoms with Gasteiger partial charge >= 0.3 is 0 Å². The van der Waals surface area contributed by atoms with Crippen LogP contribution in [0.25, 0.3) is 44.4 Å². The number of furan rings is 1. The van der Waals surface area contributed by atoms with E-state index in [1.807, 2.05) is 29.7 Å². The Balaban J connectivity index is 1.77. The van der Waals surface area contributed by atoms with Gasteiger partial charge in [0, 0.05) is 23.1 Å². The fourth-order valence-corrected chi connectivity index (χ4v) is 3.64. The number of nitrogens with zero attached hydrogens (tertiary/aromatic N) is 4. The molecule has 144 valence electrons. The lowest BCUT2D eigenvalue weighted by Gasteiger charge is -2.12. The van der Waals surface area contributed by atoms with E-state index < -0.39 is 0 Å². The molecule has 0 N–H and O–H groups in total. The molecule has 0 spiro atoms. The summed E-state index contributed by atoms with van der Waals surface area (Å²) in [6.45, 7) is 2.75. The number of fused-ring (bicyclic) bond motifs is 2. The molecule has 5 aromatic rings. The molecule has 29 heavy (non-hydrogen) atoms. The van der Waals surface area contributed by atoms with Crippen LogP contribution in [0.15, 0.2) is 59.6 Å². The summed E-state index contributed by atoms with van der Waals surface area (Å²) in [6, 6.07) is 10.5. The summed E-state index contributed by atoms with van der Waals surface area (Å²) in [7, 11) is 1.56. The van der Waals surface area contributed by atoms with Crippen molar-refractivity contribution < 1.29 is 13.5 Å². The number of methoxy groups -OCH3 is 1. The van der Waals surface area contributed by atoms with Gasteiger partial charge in [-0.1, -0.05) is 6.07 Å². The summed E-state index contributed by atoms with van der Waals surface area (Å²) in [5.41, 5.74) is 4.53. The Bertz CT molecular complexity index is 1360. The zero-order valence-electron chi connectivity index (χ0n) is 15.9. The van der Waals surface area contributed by atoms with E-state index in [2.05, 4.69) is 15.2 Å². The highest BCUT2D eigenvalue weighted by atomic mass is 19.1. The van der Waals surface area contributed by atoms with E-state index in [1.54, 1.807) is 38.0 Å². The first-order valence-corrected chi connectivity index (χ1v) is 9.22. The zero-order chi connectivity index (χ0) is 20.0. The Hall–Kier alpha value is -3.74. The maximum atomic E-state index is 14.9. The van der Waals surface area contributed by atoms with Crippen molar-refractivity contribution >= 4 is 22.1 Å². The number of aromatic nitrogens is 4. The third kappa shape index (κ3) is 2.66. The maximum absolute atomic E-state index is 14.9. The third-order valence-electron chi connectivity index (χ3n) is 5.10. The molecule has 2 aromatic carbocycles. The number of rotatable bonds is 4. The van der Waals surface area contributed by atoms with Gasteiger partial charge in [0.2, 0.25) is 0 Å². The van der Waals surface area contributed by atoms with Gasteiger partial charge in [-0.15, -0.1) is 5.10 Å². The van der Waals surface area contributed by atoms with E-state index in [4.69, 9.17) is 9.15 Å². The molecule has 0 bridgehead atoms. The first kappa shape index (κ1) is 17.4. The normalized spacial score (nSPS) is 11.4. The summed E-state index contributed by atoms with van der Waals surface area (Å²) in [5.74, 6) is 0.171. The fraction of sp³-hybridized carbons (Fsp3) is 0.136. The Morgan fingerprint density at radius 1 is 1.14 bits per heavy atom. The van der Waals surface area contributed by atoms with Gasteiger partial charge in [-0.3, -0.25) is 0 Å². The minimum Gasteiger partial charge on any atom is -0.496 e. The smallest absolute Gasteiger partial charge is 0.183 e. The second kappa shape index (κ2) is 6.70. The van der Waals surface area contributed by atoms with Gasteiger partial charge in [0.25, 0.3) is 0 Å². The molecular formula is C22H17FN4O2. The lowest BCUT2D eigenvalue weighted by atomic mass is 9.97. The molecule has 0 aliphatic carbocycles. The number of halogens is 1. The van der Waals surface area contributed by atoms with Crippen molar-refractivity contribution in [1.82, 2.24) is 19.7 Å². The minimum atomic E-state index is -0.367. The lowest BCUT2D eigenvalue weighted by molar-refractivity contribution is 0.416. The molecule has 3 heterocycles. The summed E-state index contributed by atoms with van der Waals surface area (Å²) < 4.78 is 28.0. The van der Waals surface area contributed by atoms with E-state index in [1.165, 1.54) is 6.07 Å². The summed E-state index contributed by atoms with van der Waals surface area (Å²) in [4.78, 5) is 4.49. The number of imidazole rings is 1. The summed E-state index contributed by atoms with van der Waals surface area (Å²) in [5, 5.41) is 9.20. The van der Waals surface area contributed by atoms with Crippen molar-refractivity contribution in [2.24, 2.45) is 0 Å². The van der Waals surface area contributed by atoms with Crippen LogP contribution in [0, 0.1) is 5.82 Å². The topological polar surface area (TPSA) is 66.0 Å². The number of ether oxygens (including phenoxy) is 1. The number of hydrogen-bond donors (Lipinski definition) is 0. The first-order chi connectivity index (χ1) is 14.2.